The molecule has 134 valence electrons. The predicted molar refractivity (Wildman–Crippen MR) is 95.1 cm³/mol. The van der Waals surface area contributed by atoms with Gasteiger partial charge in [-0.15, -0.1) is 0 Å². The summed E-state index contributed by atoms with van der Waals surface area (Å²) >= 11 is 0. The molecule has 2 heterocycles. The second kappa shape index (κ2) is 6.72. The van der Waals surface area contributed by atoms with Crippen molar-refractivity contribution in [1.82, 2.24) is 5.32 Å². The molecule has 0 fully saturated rings. The minimum absolute atomic E-state index is 0.123. The molecule has 1 amide bonds. The third-order valence-corrected chi connectivity index (χ3v) is 4.54. The largest absolute Gasteiger partial charge is 0.493 e. The Bertz CT molecular complexity index is 863. The Morgan fingerprint density at radius 1 is 1.12 bits per heavy atom. The van der Waals surface area contributed by atoms with E-state index in [1.54, 1.807) is 6.08 Å². The lowest BCUT2D eigenvalue weighted by Crippen LogP contribution is -2.43. The maximum atomic E-state index is 12.2. The van der Waals surface area contributed by atoms with Crippen LogP contribution in [0.2, 0.25) is 0 Å². The SMILES string of the molecule is O=C(/C=C/c1ccc2c(c1)OCO2)NCC1(O)CCOc2ccccc21. The molecule has 1 atom stereocenters. The van der Waals surface area contributed by atoms with E-state index in [1.165, 1.54) is 6.08 Å². The van der Waals surface area contributed by atoms with Crippen LogP contribution in [-0.2, 0) is 10.4 Å². The van der Waals surface area contributed by atoms with Gasteiger partial charge in [0, 0.05) is 18.1 Å². The van der Waals surface area contributed by atoms with Gasteiger partial charge in [0.05, 0.1) is 13.2 Å². The maximum Gasteiger partial charge on any atom is 0.244 e. The third kappa shape index (κ3) is 3.23. The van der Waals surface area contributed by atoms with Crippen molar-refractivity contribution in [2.45, 2.75) is 12.0 Å². The molecular weight excluding hydrogens is 334 g/mol. The molecule has 26 heavy (non-hydrogen) atoms. The summed E-state index contributed by atoms with van der Waals surface area (Å²) in [5.41, 5.74) is 0.405. The fourth-order valence-corrected chi connectivity index (χ4v) is 3.11. The van der Waals surface area contributed by atoms with Gasteiger partial charge in [-0.1, -0.05) is 24.3 Å². The van der Waals surface area contributed by atoms with E-state index in [1.807, 2.05) is 42.5 Å². The van der Waals surface area contributed by atoms with Crippen LogP contribution in [-0.4, -0.2) is 31.0 Å². The highest BCUT2D eigenvalue weighted by Gasteiger charge is 2.35. The molecule has 0 bridgehead atoms. The van der Waals surface area contributed by atoms with Crippen LogP contribution < -0.4 is 19.5 Å². The molecule has 6 heteroatoms. The standard InChI is InChI=1S/C20H19NO5/c22-19(8-6-14-5-7-17-18(11-14)26-13-25-17)21-12-20(23)9-10-24-16-4-2-1-3-15(16)20/h1-8,11,23H,9-10,12-13H2,(H,21,22)/b8-6+. The smallest absolute Gasteiger partial charge is 0.244 e. The first kappa shape index (κ1) is 16.5. The number of amides is 1. The van der Waals surface area contributed by atoms with Gasteiger partial charge >= 0.3 is 0 Å². The van der Waals surface area contributed by atoms with E-state index in [4.69, 9.17) is 14.2 Å². The van der Waals surface area contributed by atoms with Gasteiger partial charge < -0.3 is 24.6 Å². The van der Waals surface area contributed by atoms with Crippen molar-refractivity contribution in [3.63, 3.8) is 0 Å². The van der Waals surface area contributed by atoms with Gasteiger partial charge in [0.2, 0.25) is 12.7 Å². The van der Waals surface area contributed by atoms with Gasteiger partial charge in [-0.3, -0.25) is 4.79 Å². The summed E-state index contributed by atoms with van der Waals surface area (Å²) in [7, 11) is 0. The minimum Gasteiger partial charge on any atom is -0.493 e. The Kier molecular flexibility index (Phi) is 4.26. The zero-order valence-corrected chi connectivity index (χ0v) is 14.1. The lowest BCUT2D eigenvalue weighted by Gasteiger charge is -2.34. The number of carbonyl (C=O) groups is 1. The van der Waals surface area contributed by atoms with E-state index in [0.717, 1.165) is 5.56 Å². The molecule has 2 aliphatic rings. The van der Waals surface area contributed by atoms with Gasteiger partial charge in [-0.05, 0) is 29.8 Å². The Morgan fingerprint density at radius 3 is 2.88 bits per heavy atom. The summed E-state index contributed by atoms with van der Waals surface area (Å²) < 4.78 is 16.1. The molecule has 2 aliphatic heterocycles. The number of para-hydroxylation sites is 1. The summed E-state index contributed by atoms with van der Waals surface area (Å²) in [5.74, 6) is 1.75. The summed E-state index contributed by atoms with van der Waals surface area (Å²) in [6.07, 6.45) is 3.56. The second-order valence-corrected chi connectivity index (χ2v) is 6.29. The number of nitrogens with one attached hydrogen (secondary N) is 1. The molecule has 0 radical (unpaired) electrons. The first-order valence-corrected chi connectivity index (χ1v) is 8.44. The first-order chi connectivity index (χ1) is 12.6. The number of carbonyl (C=O) groups excluding carboxylic acids is 1. The number of hydrogen-bond donors (Lipinski definition) is 2. The zero-order valence-electron chi connectivity index (χ0n) is 14.1. The summed E-state index contributed by atoms with van der Waals surface area (Å²) in [4.78, 5) is 12.2. The van der Waals surface area contributed by atoms with Crippen LogP contribution in [0.4, 0.5) is 0 Å². The Hall–Kier alpha value is -2.99. The summed E-state index contributed by atoms with van der Waals surface area (Å²) in [6, 6.07) is 12.8. The third-order valence-electron chi connectivity index (χ3n) is 4.54. The molecule has 0 spiro atoms. The average molecular weight is 353 g/mol. The Balaban J connectivity index is 1.40. The van der Waals surface area contributed by atoms with E-state index in [9.17, 15) is 9.90 Å². The molecule has 0 aromatic heterocycles. The van der Waals surface area contributed by atoms with Crippen LogP contribution in [0.1, 0.15) is 17.5 Å². The summed E-state index contributed by atoms with van der Waals surface area (Å²) in [5, 5.41) is 13.7. The van der Waals surface area contributed by atoms with Crippen LogP contribution in [0.25, 0.3) is 6.08 Å². The number of ether oxygens (including phenoxy) is 3. The molecular formula is C20H19NO5. The number of fused-ring (bicyclic) bond motifs is 2. The molecule has 6 nitrogen and oxygen atoms in total. The number of hydrogen-bond acceptors (Lipinski definition) is 5. The van der Waals surface area contributed by atoms with Crippen LogP contribution in [0.15, 0.2) is 48.5 Å². The van der Waals surface area contributed by atoms with Gasteiger partial charge in [0.1, 0.15) is 11.4 Å². The quantitative estimate of drug-likeness (QED) is 0.824. The van der Waals surface area contributed by atoms with Gasteiger partial charge in [-0.25, -0.2) is 0 Å². The van der Waals surface area contributed by atoms with Gasteiger partial charge in [-0.2, -0.15) is 0 Å². The number of benzene rings is 2. The van der Waals surface area contributed by atoms with E-state index in [-0.39, 0.29) is 19.2 Å². The predicted octanol–water partition coefficient (Wildman–Crippen LogP) is 2.21. The topological polar surface area (TPSA) is 77.0 Å². The fraction of sp³-hybridized carbons (Fsp3) is 0.250. The van der Waals surface area contributed by atoms with Crippen molar-refractivity contribution in [3.8, 4) is 17.2 Å². The monoisotopic (exact) mass is 353 g/mol. The van der Waals surface area contributed by atoms with E-state index in [0.29, 0.717) is 35.8 Å². The van der Waals surface area contributed by atoms with Crippen molar-refractivity contribution < 1.29 is 24.1 Å². The Morgan fingerprint density at radius 2 is 1.96 bits per heavy atom. The van der Waals surface area contributed by atoms with Crippen molar-refractivity contribution in [2.24, 2.45) is 0 Å². The molecule has 0 aliphatic carbocycles. The maximum absolute atomic E-state index is 12.2. The highest BCUT2D eigenvalue weighted by molar-refractivity contribution is 5.91. The number of aliphatic hydroxyl groups is 1. The molecule has 2 aromatic rings. The first-order valence-electron chi connectivity index (χ1n) is 8.44. The molecule has 0 saturated carbocycles. The fourth-order valence-electron chi connectivity index (χ4n) is 3.11. The lowest BCUT2D eigenvalue weighted by molar-refractivity contribution is -0.118. The van der Waals surface area contributed by atoms with Crippen molar-refractivity contribution in [2.75, 3.05) is 19.9 Å². The zero-order chi connectivity index (χ0) is 18.0. The van der Waals surface area contributed by atoms with Gasteiger partial charge in [0.15, 0.2) is 11.5 Å². The normalized spacial score (nSPS) is 20.5. The summed E-state index contributed by atoms with van der Waals surface area (Å²) in [6.45, 7) is 0.751. The molecule has 2 aromatic carbocycles. The van der Waals surface area contributed by atoms with Crippen molar-refractivity contribution in [1.29, 1.82) is 0 Å². The van der Waals surface area contributed by atoms with Crippen LogP contribution >= 0.6 is 0 Å². The van der Waals surface area contributed by atoms with Crippen LogP contribution in [0, 0.1) is 0 Å². The van der Waals surface area contributed by atoms with E-state index in [2.05, 4.69) is 5.32 Å². The highest BCUT2D eigenvalue weighted by atomic mass is 16.7. The van der Waals surface area contributed by atoms with Crippen molar-refractivity contribution >= 4 is 12.0 Å². The molecule has 4 rings (SSSR count). The number of rotatable bonds is 4. The van der Waals surface area contributed by atoms with E-state index < -0.39 is 5.60 Å². The minimum atomic E-state index is -1.13. The highest BCUT2D eigenvalue weighted by Crippen LogP contribution is 2.36. The molecule has 0 saturated heterocycles. The lowest BCUT2D eigenvalue weighted by atomic mass is 9.88. The molecule has 1 unspecified atom stereocenters. The van der Waals surface area contributed by atoms with Crippen molar-refractivity contribution in [3.05, 3.63) is 59.7 Å². The van der Waals surface area contributed by atoms with Crippen LogP contribution in [0.3, 0.4) is 0 Å². The second-order valence-electron chi connectivity index (χ2n) is 6.29. The average Bonchev–Trinajstić information content (AvgIpc) is 3.13. The molecule has 2 N–H and O–H groups in total. The Labute approximate surface area is 151 Å². The van der Waals surface area contributed by atoms with Gasteiger partial charge in [0.25, 0.3) is 0 Å². The van der Waals surface area contributed by atoms with Crippen LogP contribution in [0.5, 0.6) is 17.2 Å². The van der Waals surface area contributed by atoms with E-state index >= 15 is 0 Å².